The van der Waals surface area contributed by atoms with Crippen LogP contribution in [0, 0.1) is 0 Å². The van der Waals surface area contributed by atoms with Crippen LogP contribution in [0.15, 0.2) is 77.7 Å². The highest BCUT2D eigenvalue weighted by atomic mass is 35.5. The van der Waals surface area contributed by atoms with Crippen LogP contribution < -0.4 is 19.1 Å². The van der Waals surface area contributed by atoms with Crippen molar-refractivity contribution in [1.82, 2.24) is 0 Å². The maximum Gasteiger partial charge on any atom is 0.264 e. The Hall–Kier alpha value is -3.23. The van der Waals surface area contributed by atoms with Crippen LogP contribution in [0.25, 0.3) is 0 Å². The molecule has 0 unspecified atom stereocenters. The number of nitrogens with one attached hydrogen (secondary N) is 1. The summed E-state index contributed by atoms with van der Waals surface area (Å²) < 4.78 is 38.1. The van der Waals surface area contributed by atoms with E-state index in [0.29, 0.717) is 27.9 Å². The molecule has 0 fully saturated rings. The first-order valence-corrected chi connectivity index (χ1v) is 11.0. The number of rotatable bonds is 8. The third-order valence-electron chi connectivity index (χ3n) is 4.41. The number of ether oxygens (including phenoxy) is 2. The van der Waals surface area contributed by atoms with Crippen molar-refractivity contribution in [3.8, 4) is 11.5 Å². The fourth-order valence-corrected chi connectivity index (χ4v) is 4.44. The molecule has 0 heterocycles. The highest BCUT2D eigenvalue weighted by molar-refractivity contribution is 7.92. The van der Waals surface area contributed by atoms with Crippen LogP contribution in [0.2, 0.25) is 5.02 Å². The zero-order valence-electron chi connectivity index (χ0n) is 16.9. The molecule has 0 saturated heterocycles. The first kappa shape index (κ1) is 22.5. The molecule has 0 aliphatic carbocycles. The molecular weight excluding hydrogens is 440 g/mol. The number of benzene rings is 3. The molecule has 162 valence electrons. The second-order valence-electron chi connectivity index (χ2n) is 6.42. The van der Waals surface area contributed by atoms with E-state index >= 15 is 0 Å². The largest absolute Gasteiger partial charge is 0.497 e. The first-order valence-electron chi connectivity index (χ1n) is 9.20. The number of amides is 1. The fourth-order valence-electron chi connectivity index (χ4n) is 2.87. The molecule has 31 heavy (non-hydrogen) atoms. The zero-order chi connectivity index (χ0) is 22.4. The molecule has 0 spiro atoms. The molecule has 0 radical (unpaired) electrons. The molecule has 0 bridgehead atoms. The summed E-state index contributed by atoms with van der Waals surface area (Å²) in [4.78, 5) is 12.9. The maximum absolute atomic E-state index is 13.3. The minimum atomic E-state index is -4.01. The highest BCUT2D eigenvalue weighted by Gasteiger charge is 2.27. The number of hydrogen-bond acceptors (Lipinski definition) is 5. The molecule has 7 nitrogen and oxygen atoms in total. The molecule has 3 aromatic carbocycles. The predicted octanol–water partition coefficient (Wildman–Crippen LogP) is 4.19. The van der Waals surface area contributed by atoms with Crippen molar-refractivity contribution in [1.29, 1.82) is 0 Å². The van der Waals surface area contributed by atoms with Gasteiger partial charge in [0.05, 0.1) is 30.5 Å². The summed E-state index contributed by atoms with van der Waals surface area (Å²) in [5.41, 5.74) is 0.668. The van der Waals surface area contributed by atoms with Gasteiger partial charge in [-0.15, -0.1) is 0 Å². The summed E-state index contributed by atoms with van der Waals surface area (Å²) >= 11 is 5.95. The van der Waals surface area contributed by atoms with E-state index in [0.717, 1.165) is 4.31 Å². The van der Waals surface area contributed by atoms with E-state index in [9.17, 15) is 13.2 Å². The van der Waals surface area contributed by atoms with Crippen LogP contribution in [-0.4, -0.2) is 35.1 Å². The molecule has 0 aromatic heterocycles. The molecule has 1 amide bonds. The lowest BCUT2D eigenvalue weighted by atomic mass is 10.2. The van der Waals surface area contributed by atoms with Gasteiger partial charge >= 0.3 is 0 Å². The average molecular weight is 461 g/mol. The van der Waals surface area contributed by atoms with Gasteiger partial charge in [0, 0.05) is 11.1 Å². The van der Waals surface area contributed by atoms with E-state index in [-0.39, 0.29) is 4.90 Å². The van der Waals surface area contributed by atoms with Gasteiger partial charge in [-0.05, 0) is 48.5 Å². The van der Waals surface area contributed by atoms with Crippen LogP contribution in [0.5, 0.6) is 11.5 Å². The van der Waals surface area contributed by atoms with E-state index in [1.165, 1.54) is 26.4 Å². The lowest BCUT2D eigenvalue weighted by molar-refractivity contribution is -0.114. The van der Waals surface area contributed by atoms with Crippen LogP contribution in [0.3, 0.4) is 0 Å². The highest BCUT2D eigenvalue weighted by Crippen LogP contribution is 2.30. The van der Waals surface area contributed by atoms with Crippen molar-refractivity contribution in [2.75, 3.05) is 30.4 Å². The monoisotopic (exact) mass is 460 g/mol. The summed E-state index contributed by atoms with van der Waals surface area (Å²) in [5.74, 6) is 0.377. The molecular formula is C22H21ClN2O5S. The number of carbonyl (C=O) groups excluding carboxylic acids is 1. The van der Waals surface area contributed by atoms with E-state index < -0.39 is 22.5 Å². The topological polar surface area (TPSA) is 84.9 Å². The SMILES string of the molecule is COc1ccc(OC)c(NC(=O)CN(c2ccc(Cl)cc2)S(=O)(=O)c2ccccc2)c1. The van der Waals surface area contributed by atoms with Crippen LogP contribution >= 0.6 is 11.6 Å². The van der Waals surface area contributed by atoms with Gasteiger partial charge in [-0.3, -0.25) is 9.10 Å². The van der Waals surface area contributed by atoms with Crippen molar-refractivity contribution >= 4 is 38.9 Å². The van der Waals surface area contributed by atoms with E-state index in [1.807, 2.05) is 0 Å². The van der Waals surface area contributed by atoms with Gasteiger partial charge in [0.2, 0.25) is 5.91 Å². The van der Waals surface area contributed by atoms with Gasteiger partial charge in [0.1, 0.15) is 18.0 Å². The minimum Gasteiger partial charge on any atom is -0.497 e. The third kappa shape index (κ3) is 5.28. The standard InChI is InChI=1S/C22H21ClN2O5S/c1-29-18-12-13-21(30-2)20(14-18)24-22(26)15-25(17-10-8-16(23)9-11-17)31(27,28)19-6-4-3-5-7-19/h3-14H,15H2,1-2H3,(H,24,26). The normalized spacial score (nSPS) is 10.9. The lowest BCUT2D eigenvalue weighted by Crippen LogP contribution is -2.38. The number of halogens is 1. The van der Waals surface area contributed by atoms with Crippen LogP contribution in [-0.2, 0) is 14.8 Å². The molecule has 0 aliphatic rings. The average Bonchev–Trinajstić information content (AvgIpc) is 2.78. The van der Waals surface area contributed by atoms with Crippen molar-refractivity contribution in [2.24, 2.45) is 0 Å². The Bertz CT molecular complexity index is 1150. The van der Waals surface area contributed by atoms with Gasteiger partial charge in [-0.2, -0.15) is 0 Å². The molecule has 0 aliphatic heterocycles. The van der Waals surface area contributed by atoms with Gasteiger partial charge in [0.15, 0.2) is 0 Å². The summed E-state index contributed by atoms with van der Waals surface area (Å²) in [6.07, 6.45) is 0. The van der Waals surface area contributed by atoms with E-state index in [1.54, 1.807) is 60.7 Å². The number of carbonyl (C=O) groups is 1. The van der Waals surface area contributed by atoms with E-state index in [4.69, 9.17) is 21.1 Å². The van der Waals surface area contributed by atoms with Gasteiger partial charge < -0.3 is 14.8 Å². The Morgan fingerprint density at radius 1 is 0.968 bits per heavy atom. The summed E-state index contributed by atoms with van der Waals surface area (Å²) in [5, 5.41) is 3.15. The molecule has 3 aromatic rings. The zero-order valence-corrected chi connectivity index (χ0v) is 18.5. The molecule has 3 rings (SSSR count). The first-order chi connectivity index (χ1) is 14.8. The van der Waals surface area contributed by atoms with E-state index in [2.05, 4.69) is 5.32 Å². The number of nitrogens with zero attached hydrogens (tertiary/aromatic N) is 1. The summed E-state index contributed by atoms with van der Waals surface area (Å²) in [7, 11) is -1.04. The summed E-state index contributed by atoms with van der Waals surface area (Å²) in [6, 6.07) is 19.0. The van der Waals surface area contributed by atoms with Gasteiger partial charge in [-0.1, -0.05) is 29.8 Å². The quantitative estimate of drug-likeness (QED) is 0.544. The second-order valence-corrected chi connectivity index (χ2v) is 8.71. The van der Waals surface area contributed by atoms with Crippen molar-refractivity contribution in [2.45, 2.75) is 4.90 Å². The Labute approximate surface area is 186 Å². The minimum absolute atomic E-state index is 0.0664. The Kier molecular flexibility index (Phi) is 7.04. The number of sulfonamides is 1. The Morgan fingerprint density at radius 2 is 1.65 bits per heavy atom. The fraction of sp³-hybridized carbons (Fsp3) is 0.136. The second kappa shape index (κ2) is 9.72. The molecule has 9 heteroatoms. The van der Waals surface area contributed by atoms with Crippen LogP contribution in [0.1, 0.15) is 0 Å². The maximum atomic E-state index is 13.3. The molecule has 1 N–H and O–H groups in total. The van der Waals surface area contributed by atoms with Crippen molar-refractivity contribution < 1.29 is 22.7 Å². The number of anilines is 2. The van der Waals surface area contributed by atoms with Crippen molar-refractivity contribution in [3.63, 3.8) is 0 Å². The summed E-state index contributed by atoms with van der Waals surface area (Å²) in [6.45, 7) is -0.459. The molecule has 0 saturated carbocycles. The van der Waals surface area contributed by atoms with Crippen LogP contribution in [0.4, 0.5) is 11.4 Å². The lowest BCUT2D eigenvalue weighted by Gasteiger charge is -2.24. The number of hydrogen-bond donors (Lipinski definition) is 1. The Balaban J connectivity index is 1.94. The smallest absolute Gasteiger partial charge is 0.264 e. The Morgan fingerprint density at radius 3 is 2.26 bits per heavy atom. The number of methoxy groups -OCH3 is 2. The van der Waals surface area contributed by atoms with Gasteiger partial charge in [-0.25, -0.2) is 8.42 Å². The van der Waals surface area contributed by atoms with Crippen molar-refractivity contribution in [3.05, 3.63) is 77.8 Å². The predicted molar refractivity (Wildman–Crippen MR) is 121 cm³/mol. The molecule has 0 atom stereocenters. The third-order valence-corrected chi connectivity index (χ3v) is 6.45. The van der Waals surface area contributed by atoms with Gasteiger partial charge in [0.25, 0.3) is 10.0 Å².